The van der Waals surface area contributed by atoms with E-state index in [1.165, 1.54) is 0 Å². The van der Waals surface area contributed by atoms with Crippen LogP contribution in [0, 0.1) is 5.92 Å². The van der Waals surface area contributed by atoms with Gasteiger partial charge in [0.25, 0.3) is 0 Å². The van der Waals surface area contributed by atoms with Crippen molar-refractivity contribution in [2.24, 2.45) is 5.92 Å². The standard InChI is InChI=1S/C15H24N2O2S/c1-12(2)9-10-17(15-7-8-15)20(18,19)11-13-3-5-14(16)6-4-13/h3-6,12,15H,7-11,16H2,1-2H3. The summed E-state index contributed by atoms with van der Waals surface area (Å²) in [6, 6.07) is 7.31. The van der Waals surface area contributed by atoms with Gasteiger partial charge in [-0.25, -0.2) is 8.42 Å². The van der Waals surface area contributed by atoms with E-state index in [1.54, 1.807) is 28.6 Å². The highest BCUT2D eigenvalue weighted by molar-refractivity contribution is 7.88. The number of sulfonamides is 1. The van der Waals surface area contributed by atoms with Crippen LogP contribution in [-0.4, -0.2) is 25.3 Å². The quantitative estimate of drug-likeness (QED) is 0.787. The molecular weight excluding hydrogens is 272 g/mol. The van der Waals surface area contributed by atoms with Gasteiger partial charge in [-0.1, -0.05) is 26.0 Å². The predicted molar refractivity (Wildman–Crippen MR) is 82.7 cm³/mol. The van der Waals surface area contributed by atoms with E-state index in [2.05, 4.69) is 13.8 Å². The minimum atomic E-state index is -3.23. The van der Waals surface area contributed by atoms with Gasteiger partial charge in [0.1, 0.15) is 0 Å². The third-order valence-electron chi connectivity index (χ3n) is 3.57. The maximum Gasteiger partial charge on any atom is 0.218 e. The largest absolute Gasteiger partial charge is 0.399 e. The third kappa shape index (κ3) is 4.21. The Kier molecular flexibility index (Phi) is 4.70. The van der Waals surface area contributed by atoms with Gasteiger partial charge in [-0.3, -0.25) is 0 Å². The maximum atomic E-state index is 12.6. The van der Waals surface area contributed by atoms with Gasteiger partial charge < -0.3 is 5.73 Å². The maximum absolute atomic E-state index is 12.6. The van der Waals surface area contributed by atoms with Crippen LogP contribution in [0.15, 0.2) is 24.3 Å². The molecule has 5 heteroatoms. The molecule has 0 heterocycles. The second kappa shape index (κ2) is 6.14. The zero-order valence-electron chi connectivity index (χ0n) is 12.2. The fourth-order valence-corrected chi connectivity index (χ4v) is 4.03. The summed E-state index contributed by atoms with van der Waals surface area (Å²) in [5, 5.41) is 0. The molecule has 0 spiro atoms. The van der Waals surface area contributed by atoms with Crippen LogP contribution in [0.2, 0.25) is 0 Å². The van der Waals surface area contributed by atoms with Gasteiger partial charge in [-0.05, 0) is 42.9 Å². The number of nitrogens with two attached hydrogens (primary N) is 1. The second-order valence-corrected chi connectivity index (χ2v) is 7.94. The Labute approximate surface area is 122 Å². The van der Waals surface area contributed by atoms with Crippen molar-refractivity contribution in [3.63, 3.8) is 0 Å². The minimum absolute atomic E-state index is 0.0713. The average molecular weight is 296 g/mol. The summed E-state index contributed by atoms with van der Waals surface area (Å²) in [6.07, 6.45) is 2.91. The predicted octanol–water partition coefficient (Wildman–Crippen LogP) is 2.61. The summed E-state index contributed by atoms with van der Waals surface area (Å²) >= 11 is 0. The van der Waals surface area contributed by atoms with Crippen molar-refractivity contribution in [1.82, 2.24) is 4.31 Å². The molecule has 1 aliphatic carbocycles. The molecule has 2 rings (SSSR count). The van der Waals surface area contributed by atoms with Crippen molar-refractivity contribution in [3.8, 4) is 0 Å². The van der Waals surface area contributed by atoms with Gasteiger partial charge in [0.15, 0.2) is 0 Å². The summed E-state index contributed by atoms with van der Waals surface area (Å²) in [6.45, 7) is 4.88. The normalized spacial score (nSPS) is 16.0. The molecule has 0 radical (unpaired) electrons. The summed E-state index contributed by atoms with van der Waals surface area (Å²) in [4.78, 5) is 0. The summed E-state index contributed by atoms with van der Waals surface area (Å²) in [5.41, 5.74) is 7.09. The topological polar surface area (TPSA) is 63.4 Å². The van der Waals surface area contributed by atoms with Crippen molar-refractivity contribution >= 4 is 15.7 Å². The van der Waals surface area contributed by atoms with E-state index >= 15 is 0 Å². The molecule has 20 heavy (non-hydrogen) atoms. The molecule has 0 atom stereocenters. The van der Waals surface area contributed by atoms with Gasteiger partial charge in [0.2, 0.25) is 10.0 Å². The highest BCUT2D eigenvalue weighted by atomic mass is 32.2. The minimum Gasteiger partial charge on any atom is -0.399 e. The number of nitrogen functional groups attached to an aromatic ring is 1. The number of nitrogens with zero attached hydrogens (tertiary/aromatic N) is 1. The second-order valence-electron chi connectivity index (χ2n) is 6.02. The van der Waals surface area contributed by atoms with Crippen LogP contribution in [0.1, 0.15) is 38.7 Å². The molecule has 1 aliphatic rings. The van der Waals surface area contributed by atoms with Gasteiger partial charge in [0, 0.05) is 18.3 Å². The van der Waals surface area contributed by atoms with E-state index < -0.39 is 10.0 Å². The molecule has 1 fully saturated rings. The van der Waals surface area contributed by atoms with Crippen molar-refractivity contribution in [2.75, 3.05) is 12.3 Å². The zero-order chi connectivity index (χ0) is 14.8. The molecule has 0 aromatic heterocycles. The first-order valence-corrected chi connectivity index (χ1v) is 8.83. The van der Waals surface area contributed by atoms with Crippen LogP contribution < -0.4 is 5.73 Å². The highest BCUT2D eigenvalue weighted by Gasteiger charge is 2.36. The smallest absolute Gasteiger partial charge is 0.218 e. The number of benzene rings is 1. The lowest BCUT2D eigenvalue weighted by Gasteiger charge is -2.22. The molecule has 0 aliphatic heterocycles. The zero-order valence-corrected chi connectivity index (χ0v) is 13.1. The fourth-order valence-electron chi connectivity index (χ4n) is 2.20. The fraction of sp³-hybridized carbons (Fsp3) is 0.600. The van der Waals surface area contributed by atoms with Gasteiger partial charge in [-0.2, -0.15) is 4.31 Å². The molecule has 0 bridgehead atoms. The molecule has 112 valence electrons. The third-order valence-corrected chi connectivity index (χ3v) is 5.46. The van der Waals surface area contributed by atoms with Crippen LogP contribution >= 0.6 is 0 Å². The van der Waals surface area contributed by atoms with Gasteiger partial charge in [-0.15, -0.1) is 0 Å². The first-order valence-electron chi connectivity index (χ1n) is 7.22. The Morgan fingerprint density at radius 2 is 1.85 bits per heavy atom. The molecule has 2 N–H and O–H groups in total. The van der Waals surface area contributed by atoms with Crippen LogP contribution in [0.4, 0.5) is 5.69 Å². The SMILES string of the molecule is CC(C)CCN(C1CC1)S(=O)(=O)Cc1ccc(N)cc1. The lowest BCUT2D eigenvalue weighted by molar-refractivity contribution is 0.373. The van der Waals surface area contributed by atoms with Crippen molar-refractivity contribution in [2.45, 2.75) is 44.9 Å². The average Bonchev–Trinajstić information content (AvgIpc) is 3.16. The summed E-state index contributed by atoms with van der Waals surface area (Å²) < 4.78 is 26.9. The molecule has 0 unspecified atom stereocenters. The van der Waals surface area contributed by atoms with Crippen LogP contribution in [0.3, 0.4) is 0 Å². The Morgan fingerprint density at radius 3 is 2.35 bits per heavy atom. The Balaban J connectivity index is 2.07. The number of hydrogen-bond donors (Lipinski definition) is 1. The first-order chi connectivity index (χ1) is 9.38. The monoisotopic (exact) mass is 296 g/mol. The Bertz CT molecular complexity index is 533. The number of anilines is 1. The number of rotatable bonds is 7. The van der Waals surface area contributed by atoms with Gasteiger partial charge in [0.05, 0.1) is 5.75 Å². The van der Waals surface area contributed by atoms with E-state index in [0.29, 0.717) is 18.2 Å². The molecule has 1 aromatic rings. The number of hydrogen-bond acceptors (Lipinski definition) is 3. The van der Waals surface area contributed by atoms with Gasteiger partial charge >= 0.3 is 0 Å². The summed E-state index contributed by atoms with van der Waals surface area (Å²) in [7, 11) is -3.23. The van der Waals surface area contributed by atoms with Crippen LogP contribution in [-0.2, 0) is 15.8 Å². The van der Waals surface area contributed by atoms with E-state index in [4.69, 9.17) is 5.73 Å². The van der Waals surface area contributed by atoms with E-state index in [9.17, 15) is 8.42 Å². The highest BCUT2D eigenvalue weighted by Crippen LogP contribution is 2.31. The first kappa shape index (κ1) is 15.3. The van der Waals surface area contributed by atoms with Crippen LogP contribution in [0.25, 0.3) is 0 Å². The Hall–Kier alpha value is -1.07. The van der Waals surface area contributed by atoms with E-state index in [-0.39, 0.29) is 11.8 Å². The summed E-state index contributed by atoms with van der Waals surface area (Å²) in [5.74, 6) is 0.588. The molecule has 0 amide bonds. The molecule has 0 saturated heterocycles. The van der Waals surface area contributed by atoms with Crippen LogP contribution in [0.5, 0.6) is 0 Å². The van der Waals surface area contributed by atoms with E-state index in [0.717, 1.165) is 24.8 Å². The molecule has 4 nitrogen and oxygen atoms in total. The van der Waals surface area contributed by atoms with E-state index in [1.807, 2.05) is 0 Å². The molecule has 1 saturated carbocycles. The lowest BCUT2D eigenvalue weighted by Crippen LogP contribution is -2.35. The molecule has 1 aromatic carbocycles. The van der Waals surface area contributed by atoms with Crippen molar-refractivity contribution in [3.05, 3.63) is 29.8 Å². The van der Waals surface area contributed by atoms with Crippen molar-refractivity contribution < 1.29 is 8.42 Å². The van der Waals surface area contributed by atoms with Crippen molar-refractivity contribution in [1.29, 1.82) is 0 Å². The Morgan fingerprint density at radius 1 is 1.25 bits per heavy atom. The molecular formula is C15H24N2O2S. The lowest BCUT2D eigenvalue weighted by atomic mass is 10.1.